The Balaban J connectivity index is 2.10. The molecule has 1 aromatic rings. The van der Waals surface area contributed by atoms with Crippen LogP contribution >= 0.6 is 0 Å². The number of amides is 1. The highest BCUT2D eigenvalue weighted by Crippen LogP contribution is 2.42. The van der Waals surface area contributed by atoms with Crippen LogP contribution in [0, 0.1) is 5.41 Å². The molecule has 1 saturated carbocycles. The van der Waals surface area contributed by atoms with E-state index in [1.165, 1.54) is 5.56 Å². The molecule has 0 heterocycles. The fourth-order valence-corrected chi connectivity index (χ4v) is 2.76. The summed E-state index contributed by atoms with van der Waals surface area (Å²) in [6.45, 7) is 2.63. The molecule has 0 unspecified atom stereocenters. The number of carbonyl (C=O) groups excluding carboxylic acids is 1. The quantitative estimate of drug-likeness (QED) is 0.885. The molecule has 1 aliphatic rings. The fraction of sp³-hybridized carbons (Fsp3) is 0.562. The zero-order valence-corrected chi connectivity index (χ0v) is 12.0. The average Bonchev–Trinajstić information content (AvgIpc) is 2.38. The van der Waals surface area contributed by atoms with Gasteiger partial charge in [0.1, 0.15) is 0 Å². The van der Waals surface area contributed by atoms with Crippen molar-refractivity contribution in [2.45, 2.75) is 39.0 Å². The predicted molar refractivity (Wildman–Crippen MR) is 79.2 cm³/mol. The molecule has 2 N–H and O–H groups in total. The first kappa shape index (κ1) is 14.1. The lowest BCUT2D eigenvalue weighted by atomic mass is 9.68. The van der Waals surface area contributed by atoms with Crippen LogP contribution in [0.1, 0.15) is 38.2 Å². The number of hydrogen-bond donors (Lipinski definition) is 1. The maximum atomic E-state index is 12.5. The van der Waals surface area contributed by atoms with Crippen molar-refractivity contribution in [3.63, 3.8) is 0 Å². The van der Waals surface area contributed by atoms with Gasteiger partial charge in [-0.2, -0.15) is 0 Å². The zero-order chi connectivity index (χ0) is 13.9. The summed E-state index contributed by atoms with van der Waals surface area (Å²) in [5.74, 6) is 0.171. The Labute approximate surface area is 115 Å². The smallest absolute Gasteiger partial charge is 0.234 e. The van der Waals surface area contributed by atoms with Crippen LogP contribution in [0.15, 0.2) is 24.3 Å². The van der Waals surface area contributed by atoms with E-state index in [1.54, 1.807) is 4.90 Å². The molecule has 1 aliphatic carbocycles. The SMILES string of the molecule is CCCc1ccc(N(C)C(=O)C2(CN)CCC2)cc1. The number of benzene rings is 1. The highest BCUT2D eigenvalue weighted by molar-refractivity contribution is 5.97. The van der Waals surface area contributed by atoms with Crippen LogP contribution in [-0.2, 0) is 11.2 Å². The summed E-state index contributed by atoms with van der Waals surface area (Å²) in [7, 11) is 1.85. The van der Waals surface area contributed by atoms with Crippen LogP contribution in [0.5, 0.6) is 0 Å². The van der Waals surface area contributed by atoms with Gasteiger partial charge >= 0.3 is 0 Å². The largest absolute Gasteiger partial charge is 0.329 e. The lowest BCUT2D eigenvalue weighted by molar-refractivity contribution is -0.131. The molecule has 0 bridgehead atoms. The highest BCUT2D eigenvalue weighted by Gasteiger charge is 2.44. The zero-order valence-electron chi connectivity index (χ0n) is 12.0. The molecule has 0 atom stereocenters. The Morgan fingerprint density at radius 3 is 2.37 bits per heavy atom. The molecule has 19 heavy (non-hydrogen) atoms. The van der Waals surface area contributed by atoms with E-state index in [9.17, 15) is 4.79 Å². The summed E-state index contributed by atoms with van der Waals surface area (Å²) < 4.78 is 0. The van der Waals surface area contributed by atoms with Gasteiger partial charge in [-0.05, 0) is 37.0 Å². The molecule has 0 aliphatic heterocycles. The molecule has 1 aromatic carbocycles. The average molecular weight is 260 g/mol. The van der Waals surface area contributed by atoms with Gasteiger partial charge in [-0.25, -0.2) is 0 Å². The van der Waals surface area contributed by atoms with Crippen LogP contribution in [0.2, 0.25) is 0 Å². The van der Waals surface area contributed by atoms with Gasteiger partial charge in [0.25, 0.3) is 0 Å². The first-order chi connectivity index (χ1) is 9.13. The second-order valence-electron chi connectivity index (χ2n) is 5.62. The molecule has 2 rings (SSSR count). The summed E-state index contributed by atoms with van der Waals surface area (Å²) in [5.41, 5.74) is 7.79. The van der Waals surface area contributed by atoms with Gasteiger partial charge < -0.3 is 10.6 Å². The van der Waals surface area contributed by atoms with E-state index in [4.69, 9.17) is 5.73 Å². The van der Waals surface area contributed by atoms with Crippen molar-refractivity contribution in [1.29, 1.82) is 0 Å². The van der Waals surface area contributed by atoms with Crippen molar-refractivity contribution in [2.24, 2.45) is 11.1 Å². The third-order valence-corrected chi connectivity index (χ3v) is 4.32. The van der Waals surface area contributed by atoms with Crippen LogP contribution in [0.25, 0.3) is 0 Å². The van der Waals surface area contributed by atoms with Gasteiger partial charge in [-0.1, -0.05) is 31.9 Å². The molecule has 0 radical (unpaired) electrons. The molecule has 1 amide bonds. The molecule has 0 spiro atoms. The van der Waals surface area contributed by atoms with Crippen molar-refractivity contribution < 1.29 is 4.79 Å². The van der Waals surface area contributed by atoms with Crippen LogP contribution in [0.4, 0.5) is 5.69 Å². The summed E-state index contributed by atoms with van der Waals surface area (Å²) in [4.78, 5) is 14.3. The molecule has 3 nitrogen and oxygen atoms in total. The Hall–Kier alpha value is -1.35. The van der Waals surface area contributed by atoms with Gasteiger partial charge in [0.05, 0.1) is 5.41 Å². The van der Waals surface area contributed by atoms with E-state index in [1.807, 2.05) is 19.2 Å². The second kappa shape index (κ2) is 5.74. The lowest BCUT2D eigenvalue weighted by Gasteiger charge is -2.41. The van der Waals surface area contributed by atoms with E-state index >= 15 is 0 Å². The van der Waals surface area contributed by atoms with Crippen molar-refractivity contribution in [1.82, 2.24) is 0 Å². The van der Waals surface area contributed by atoms with Crippen LogP contribution in [-0.4, -0.2) is 19.5 Å². The first-order valence-electron chi connectivity index (χ1n) is 7.20. The number of anilines is 1. The number of hydrogen-bond acceptors (Lipinski definition) is 2. The second-order valence-corrected chi connectivity index (χ2v) is 5.62. The molecule has 3 heteroatoms. The Morgan fingerprint density at radius 2 is 1.95 bits per heavy atom. The van der Waals surface area contributed by atoms with Crippen molar-refractivity contribution in [2.75, 3.05) is 18.5 Å². The molecular weight excluding hydrogens is 236 g/mol. The standard InChI is InChI=1S/C16H24N2O/c1-3-5-13-6-8-14(9-7-13)18(2)15(19)16(12-17)10-4-11-16/h6-9H,3-5,10-12,17H2,1-2H3. The molecule has 0 aromatic heterocycles. The summed E-state index contributed by atoms with van der Waals surface area (Å²) in [6.07, 6.45) is 5.21. The van der Waals surface area contributed by atoms with Crippen LogP contribution in [0.3, 0.4) is 0 Å². The molecule has 0 saturated heterocycles. The van der Waals surface area contributed by atoms with Crippen molar-refractivity contribution >= 4 is 11.6 Å². The number of aryl methyl sites for hydroxylation is 1. The van der Waals surface area contributed by atoms with Gasteiger partial charge in [0, 0.05) is 19.3 Å². The lowest BCUT2D eigenvalue weighted by Crippen LogP contribution is -2.51. The van der Waals surface area contributed by atoms with E-state index in [-0.39, 0.29) is 11.3 Å². The summed E-state index contributed by atoms with van der Waals surface area (Å²) >= 11 is 0. The van der Waals surface area contributed by atoms with Gasteiger partial charge in [0.15, 0.2) is 0 Å². The third-order valence-electron chi connectivity index (χ3n) is 4.32. The van der Waals surface area contributed by atoms with E-state index < -0.39 is 0 Å². The summed E-state index contributed by atoms with van der Waals surface area (Å²) in [6, 6.07) is 8.29. The van der Waals surface area contributed by atoms with Gasteiger partial charge in [-0.3, -0.25) is 4.79 Å². The normalized spacial score (nSPS) is 16.8. The maximum Gasteiger partial charge on any atom is 0.234 e. The van der Waals surface area contributed by atoms with E-state index in [0.717, 1.165) is 37.8 Å². The van der Waals surface area contributed by atoms with E-state index in [0.29, 0.717) is 6.54 Å². The minimum Gasteiger partial charge on any atom is -0.329 e. The van der Waals surface area contributed by atoms with Crippen molar-refractivity contribution in [3.8, 4) is 0 Å². The molecular formula is C16H24N2O. The van der Waals surface area contributed by atoms with Crippen LogP contribution < -0.4 is 10.6 Å². The third kappa shape index (κ3) is 2.66. The molecule has 1 fully saturated rings. The minimum atomic E-state index is -0.295. The topological polar surface area (TPSA) is 46.3 Å². The maximum absolute atomic E-state index is 12.5. The van der Waals surface area contributed by atoms with Gasteiger partial charge in [0.2, 0.25) is 5.91 Å². The first-order valence-corrected chi connectivity index (χ1v) is 7.20. The Kier molecular flexibility index (Phi) is 4.25. The number of nitrogens with zero attached hydrogens (tertiary/aromatic N) is 1. The summed E-state index contributed by atoms with van der Waals surface area (Å²) in [5, 5.41) is 0. The Bertz CT molecular complexity index is 429. The van der Waals surface area contributed by atoms with Crippen molar-refractivity contribution in [3.05, 3.63) is 29.8 Å². The fourth-order valence-electron chi connectivity index (χ4n) is 2.76. The Morgan fingerprint density at radius 1 is 1.32 bits per heavy atom. The number of carbonyl (C=O) groups is 1. The molecule has 104 valence electrons. The predicted octanol–water partition coefficient (Wildman–Crippen LogP) is 2.73. The van der Waals surface area contributed by atoms with Gasteiger partial charge in [-0.15, -0.1) is 0 Å². The monoisotopic (exact) mass is 260 g/mol. The number of rotatable bonds is 5. The minimum absolute atomic E-state index is 0.171. The number of nitrogens with two attached hydrogens (primary N) is 1. The highest BCUT2D eigenvalue weighted by atomic mass is 16.2. The van der Waals surface area contributed by atoms with E-state index in [2.05, 4.69) is 19.1 Å².